The van der Waals surface area contributed by atoms with Crippen LogP contribution in [0.25, 0.3) is 0 Å². The minimum Gasteiger partial charge on any atom is -0.598 e. The molecule has 0 bridgehead atoms. The van der Waals surface area contributed by atoms with E-state index in [1.165, 1.54) is 17.0 Å². The second-order valence-electron chi connectivity index (χ2n) is 15.6. The van der Waals surface area contributed by atoms with Crippen LogP contribution in [0, 0.1) is 23.1 Å². The van der Waals surface area contributed by atoms with Gasteiger partial charge in [0.2, 0.25) is 0 Å². The fourth-order valence-corrected chi connectivity index (χ4v) is 6.84. The van der Waals surface area contributed by atoms with E-state index in [1.54, 1.807) is 96.1 Å². The van der Waals surface area contributed by atoms with Gasteiger partial charge in [-0.05, 0) is 101 Å². The van der Waals surface area contributed by atoms with Crippen molar-refractivity contribution in [3.8, 4) is 6.07 Å². The second-order valence-corrected chi connectivity index (χ2v) is 17.6. The number of nitrogens with one attached hydrogen (secondary N) is 2. The molecule has 2 amide bonds. The van der Waals surface area contributed by atoms with E-state index in [0.29, 0.717) is 47.1 Å². The summed E-state index contributed by atoms with van der Waals surface area (Å²) in [4.78, 5) is 34.1. The SMILES string of the molecule is CC(C)(C)N(Cc1ccccc1)C(=O)On1nc(C(F)(F)F)cc1C(=O)Nc1cc([C@](CCC2CC2)(N[S+]([O-])C(C)(C)C)c2cccc(C#N)c2)ccc1F. The van der Waals surface area contributed by atoms with Gasteiger partial charge in [-0.25, -0.2) is 9.18 Å². The number of alkyl halides is 3. The number of anilines is 1. The molecule has 0 radical (unpaired) electrons. The van der Waals surface area contributed by atoms with Crippen LogP contribution >= 0.6 is 0 Å². The molecule has 10 nitrogen and oxygen atoms in total. The summed E-state index contributed by atoms with van der Waals surface area (Å²) in [6.07, 6.45) is -3.01. The van der Waals surface area contributed by atoms with Crippen molar-refractivity contribution in [1.29, 1.82) is 5.26 Å². The Balaban J connectivity index is 1.55. The fraction of sp³-hybridized carbons (Fsp3) is 0.400. The summed E-state index contributed by atoms with van der Waals surface area (Å²) in [7, 11) is 0. The third kappa shape index (κ3) is 10.0. The maximum atomic E-state index is 15.6. The molecule has 5 rings (SSSR count). The minimum absolute atomic E-state index is 0.0317. The van der Waals surface area contributed by atoms with Crippen LogP contribution in [0.15, 0.2) is 78.9 Å². The van der Waals surface area contributed by atoms with E-state index >= 15 is 4.39 Å². The summed E-state index contributed by atoms with van der Waals surface area (Å²) >= 11 is -1.69. The van der Waals surface area contributed by atoms with Crippen molar-refractivity contribution in [2.45, 2.75) is 95.8 Å². The number of carbonyl (C=O) groups is 2. The molecule has 1 fully saturated rings. The number of amides is 2. The molecule has 0 spiro atoms. The van der Waals surface area contributed by atoms with Gasteiger partial charge in [0.05, 0.1) is 17.3 Å². The van der Waals surface area contributed by atoms with Crippen molar-refractivity contribution in [2.24, 2.45) is 5.92 Å². The molecule has 1 unspecified atom stereocenters. The lowest BCUT2D eigenvalue weighted by Crippen LogP contribution is -2.52. The number of nitrogens with zero attached hydrogens (tertiary/aromatic N) is 4. The Morgan fingerprint density at radius 2 is 1.65 bits per heavy atom. The Bertz CT molecular complexity index is 2050. The van der Waals surface area contributed by atoms with Gasteiger partial charge < -0.3 is 9.87 Å². The first-order valence-electron chi connectivity index (χ1n) is 17.7. The number of halogens is 4. The fourth-order valence-electron chi connectivity index (χ4n) is 5.88. The summed E-state index contributed by atoms with van der Waals surface area (Å²) in [5.41, 5.74) is -2.87. The van der Waals surface area contributed by atoms with E-state index in [0.717, 1.165) is 18.9 Å². The molecule has 1 heterocycles. The van der Waals surface area contributed by atoms with Crippen molar-refractivity contribution in [3.05, 3.63) is 118 Å². The van der Waals surface area contributed by atoms with Crippen LogP contribution in [-0.4, -0.2) is 41.7 Å². The summed E-state index contributed by atoms with van der Waals surface area (Å²) in [6.45, 7) is 10.5. The summed E-state index contributed by atoms with van der Waals surface area (Å²) in [5.74, 6) is -1.76. The first-order valence-corrected chi connectivity index (χ1v) is 18.9. The summed E-state index contributed by atoms with van der Waals surface area (Å²) in [6, 6.07) is 22.0. The van der Waals surface area contributed by atoms with Gasteiger partial charge in [-0.15, -0.1) is 9.82 Å². The number of hydrogen-bond acceptors (Lipinski definition) is 7. The van der Waals surface area contributed by atoms with Gasteiger partial charge in [0.1, 0.15) is 16.1 Å². The molecule has 292 valence electrons. The molecule has 2 atom stereocenters. The lowest BCUT2D eigenvalue weighted by atomic mass is 9.79. The molecule has 1 aliphatic rings. The van der Waals surface area contributed by atoms with Crippen LogP contribution in [0.5, 0.6) is 0 Å². The first-order chi connectivity index (χ1) is 25.7. The molecule has 2 N–H and O–H groups in total. The monoisotopic (exact) mass is 780 g/mol. The zero-order valence-corrected chi connectivity index (χ0v) is 32.3. The number of carbonyl (C=O) groups excluding carboxylic acids is 2. The molecular weight excluding hydrogens is 737 g/mol. The van der Waals surface area contributed by atoms with Gasteiger partial charge in [-0.3, -0.25) is 14.5 Å². The first kappa shape index (κ1) is 41.3. The highest BCUT2D eigenvalue weighted by Gasteiger charge is 2.44. The van der Waals surface area contributed by atoms with Crippen molar-refractivity contribution < 1.29 is 36.5 Å². The van der Waals surface area contributed by atoms with Crippen LogP contribution in [0.1, 0.15) is 106 Å². The van der Waals surface area contributed by atoms with E-state index in [9.17, 15) is 32.6 Å². The quantitative estimate of drug-likeness (QED) is 0.109. The van der Waals surface area contributed by atoms with Gasteiger partial charge in [0.15, 0.2) is 11.4 Å². The highest BCUT2D eigenvalue weighted by Crippen LogP contribution is 2.43. The van der Waals surface area contributed by atoms with Crippen molar-refractivity contribution in [3.63, 3.8) is 0 Å². The number of aromatic nitrogens is 2. The Morgan fingerprint density at radius 1 is 0.982 bits per heavy atom. The number of nitriles is 1. The Hall–Kier alpha value is -4.91. The molecule has 1 saturated carbocycles. The van der Waals surface area contributed by atoms with Gasteiger partial charge in [-0.1, -0.05) is 66.2 Å². The molecule has 3 aromatic carbocycles. The lowest BCUT2D eigenvalue weighted by Gasteiger charge is -2.39. The van der Waals surface area contributed by atoms with E-state index in [1.807, 2.05) is 0 Å². The van der Waals surface area contributed by atoms with E-state index in [2.05, 4.69) is 21.2 Å². The second kappa shape index (κ2) is 16.1. The number of rotatable bonds is 12. The van der Waals surface area contributed by atoms with Gasteiger partial charge in [0, 0.05) is 29.5 Å². The Labute approximate surface area is 321 Å². The maximum Gasteiger partial charge on any atom is 0.436 e. The van der Waals surface area contributed by atoms with Gasteiger partial charge in [-0.2, -0.15) is 18.4 Å². The van der Waals surface area contributed by atoms with Crippen LogP contribution < -0.4 is 14.9 Å². The molecular formula is C40H44F4N6O4S. The largest absolute Gasteiger partial charge is 0.598 e. The Morgan fingerprint density at radius 3 is 2.25 bits per heavy atom. The third-order valence-corrected chi connectivity index (χ3v) is 10.9. The predicted octanol–water partition coefficient (Wildman–Crippen LogP) is 8.50. The van der Waals surface area contributed by atoms with E-state index < -0.39 is 68.3 Å². The standard InChI is InChI=1S/C40H44F4N6O4S/c1-37(2,3)49(25-27-11-8-7-9-12-27)36(52)54-50-33(23-34(47-50)40(42,43)44)35(51)46-32-22-30(17-18-31(32)41)39(20-19-26-15-16-26,48-55(53)38(4,5)6)29-14-10-13-28(21-29)24-45/h7-14,17-18,21-23,26,48H,15-16,19-20,25H2,1-6H3,(H,46,51)/t39-,55?/m1/s1. The molecule has 1 aliphatic carbocycles. The summed E-state index contributed by atoms with van der Waals surface area (Å²) < 4.78 is 73.9. The zero-order chi connectivity index (χ0) is 40.3. The average molecular weight is 781 g/mol. The summed E-state index contributed by atoms with van der Waals surface area (Å²) in [5, 5.41) is 15.5. The molecule has 1 aromatic heterocycles. The van der Waals surface area contributed by atoms with Crippen LogP contribution in [-0.2, 0) is 29.6 Å². The Kier molecular flexibility index (Phi) is 12.0. The highest BCUT2D eigenvalue weighted by atomic mass is 32.2. The maximum absolute atomic E-state index is 15.6. The molecule has 55 heavy (non-hydrogen) atoms. The van der Waals surface area contributed by atoms with Crippen molar-refractivity contribution in [2.75, 3.05) is 5.32 Å². The van der Waals surface area contributed by atoms with E-state index in [-0.39, 0.29) is 11.4 Å². The third-order valence-electron chi connectivity index (χ3n) is 9.22. The zero-order valence-electron chi connectivity index (χ0n) is 31.5. The average Bonchev–Trinajstić information content (AvgIpc) is 3.85. The topological polar surface area (TPSA) is 135 Å². The molecule has 0 aliphatic heterocycles. The predicted molar refractivity (Wildman–Crippen MR) is 200 cm³/mol. The molecule has 15 heteroatoms. The number of hydrogen-bond donors (Lipinski definition) is 2. The van der Waals surface area contributed by atoms with Gasteiger partial charge >= 0.3 is 12.3 Å². The van der Waals surface area contributed by atoms with Crippen LogP contribution in [0.2, 0.25) is 0 Å². The smallest absolute Gasteiger partial charge is 0.436 e. The normalized spacial score (nSPS) is 15.1. The van der Waals surface area contributed by atoms with Crippen molar-refractivity contribution >= 4 is 29.0 Å². The van der Waals surface area contributed by atoms with Crippen LogP contribution in [0.3, 0.4) is 0 Å². The van der Waals surface area contributed by atoms with Gasteiger partial charge in [0.25, 0.3) is 5.91 Å². The number of benzene rings is 3. The molecule has 0 saturated heterocycles. The lowest BCUT2D eigenvalue weighted by molar-refractivity contribution is -0.142. The highest BCUT2D eigenvalue weighted by molar-refractivity contribution is 7.90. The van der Waals surface area contributed by atoms with Crippen molar-refractivity contribution in [1.82, 2.24) is 19.6 Å². The van der Waals surface area contributed by atoms with Crippen LogP contribution in [0.4, 0.5) is 28.0 Å². The van der Waals surface area contributed by atoms with E-state index in [4.69, 9.17) is 4.84 Å². The molecule has 4 aromatic rings. The minimum atomic E-state index is -5.03.